The second-order valence-corrected chi connectivity index (χ2v) is 5.30. The zero-order valence-electron chi connectivity index (χ0n) is 9.71. The molecule has 2 rings (SSSR count). The summed E-state index contributed by atoms with van der Waals surface area (Å²) in [4.78, 5) is 11.4. The van der Waals surface area contributed by atoms with Crippen LogP contribution in [0.15, 0.2) is 28.7 Å². The average molecular weight is 297 g/mol. The summed E-state index contributed by atoms with van der Waals surface area (Å²) >= 11 is 3.43. The Hall–Kier alpha value is -0.870. The minimum Gasteiger partial charge on any atom is -0.355 e. The van der Waals surface area contributed by atoms with Crippen molar-refractivity contribution >= 4 is 21.8 Å². The lowest BCUT2D eigenvalue weighted by atomic mass is 10.1. The van der Waals surface area contributed by atoms with Crippen molar-refractivity contribution < 1.29 is 4.79 Å². The first-order valence-electron chi connectivity index (χ1n) is 5.98. The van der Waals surface area contributed by atoms with Crippen molar-refractivity contribution in [2.24, 2.45) is 0 Å². The zero-order chi connectivity index (χ0) is 12.1. The van der Waals surface area contributed by atoms with Crippen LogP contribution in [0.5, 0.6) is 0 Å². The molecule has 0 saturated heterocycles. The van der Waals surface area contributed by atoms with Gasteiger partial charge in [0.1, 0.15) is 0 Å². The third kappa shape index (κ3) is 4.88. The van der Waals surface area contributed by atoms with Crippen LogP contribution in [-0.2, 0) is 11.2 Å². The van der Waals surface area contributed by atoms with Crippen LogP contribution in [-0.4, -0.2) is 25.0 Å². The van der Waals surface area contributed by atoms with E-state index >= 15 is 0 Å². The summed E-state index contributed by atoms with van der Waals surface area (Å²) in [5.41, 5.74) is 1.23. The number of halogens is 1. The summed E-state index contributed by atoms with van der Waals surface area (Å²) in [6, 6.07) is 8.75. The van der Waals surface area contributed by atoms with E-state index in [2.05, 4.69) is 38.7 Å². The monoisotopic (exact) mass is 296 g/mol. The van der Waals surface area contributed by atoms with Crippen molar-refractivity contribution in [1.29, 1.82) is 0 Å². The lowest BCUT2D eigenvalue weighted by Gasteiger charge is -2.06. The highest BCUT2D eigenvalue weighted by molar-refractivity contribution is 9.10. The Bertz CT molecular complexity index is 391. The molecule has 0 spiro atoms. The fraction of sp³-hybridized carbons (Fsp3) is 0.462. The molecular formula is C13H17BrN2O. The van der Waals surface area contributed by atoms with Crippen molar-refractivity contribution in [3.05, 3.63) is 34.3 Å². The predicted octanol–water partition coefficient (Wildman–Crippen LogP) is 1.86. The molecule has 4 heteroatoms. The SMILES string of the molecule is O=C(CNC1CC1)NCCc1cccc(Br)c1. The van der Waals surface area contributed by atoms with Crippen molar-refractivity contribution in [1.82, 2.24) is 10.6 Å². The molecule has 0 radical (unpaired) electrons. The number of carbonyl (C=O) groups excluding carboxylic acids is 1. The summed E-state index contributed by atoms with van der Waals surface area (Å²) in [6.07, 6.45) is 3.30. The smallest absolute Gasteiger partial charge is 0.233 e. The third-order valence-electron chi connectivity index (χ3n) is 2.75. The van der Waals surface area contributed by atoms with Crippen LogP contribution in [0.1, 0.15) is 18.4 Å². The summed E-state index contributed by atoms with van der Waals surface area (Å²) < 4.78 is 1.08. The van der Waals surface area contributed by atoms with Gasteiger partial charge in [0, 0.05) is 17.1 Å². The number of benzene rings is 1. The minimum atomic E-state index is 0.0897. The molecule has 1 aromatic carbocycles. The molecule has 1 amide bonds. The van der Waals surface area contributed by atoms with Crippen LogP contribution in [0.2, 0.25) is 0 Å². The summed E-state index contributed by atoms with van der Waals surface area (Å²) in [5.74, 6) is 0.0897. The van der Waals surface area contributed by atoms with Crippen molar-refractivity contribution in [2.75, 3.05) is 13.1 Å². The Morgan fingerprint density at radius 1 is 1.41 bits per heavy atom. The Morgan fingerprint density at radius 2 is 2.24 bits per heavy atom. The van der Waals surface area contributed by atoms with E-state index in [1.165, 1.54) is 18.4 Å². The average Bonchev–Trinajstić information content (AvgIpc) is 3.10. The van der Waals surface area contributed by atoms with Gasteiger partial charge in [-0.1, -0.05) is 28.1 Å². The van der Waals surface area contributed by atoms with E-state index in [9.17, 15) is 4.79 Å². The van der Waals surface area contributed by atoms with Crippen LogP contribution in [0, 0.1) is 0 Å². The number of hydrogen-bond donors (Lipinski definition) is 2. The summed E-state index contributed by atoms with van der Waals surface area (Å²) in [6.45, 7) is 1.14. The predicted molar refractivity (Wildman–Crippen MR) is 71.9 cm³/mol. The van der Waals surface area contributed by atoms with Gasteiger partial charge in [0.2, 0.25) is 5.91 Å². The van der Waals surface area contributed by atoms with Crippen LogP contribution in [0.3, 0.4) is 0 Å². The number of amides is 1. The molecule has 2 N–H and O–H groups in total. The van der Waals surface area contributed by atoms with E-state index in [-0.39, 0.29) is 5.91 Å². The molecular weight excluding hydrogens is 280 g/mol. The Kier molecular flexibility index (Phi) is 4.57. The van der Waals surface area contributed by atoms with Crippen LogP contribution in [0.4, 0.5) is 0 Å². The second kappa shape index (κ2) is 6.17. The molecule has 17 heavy (non-hydrogen) atoms. The molecule has 1 aliphatic rings. The summed E-state index contributed by atoms with van der Waals surface area (Å²) in [7, 11) is 0. The van der Waals surface area contributed by atoms with E-state index in [4.69, 9.17) is 0 Å². The van der Waals surface area contributed by atoms with Gasteiger partial charge in [0.25, 0.3) is 0 Å². The quantitative estimate of drug-likeness (QED) is 0.841. The minimum absolute atomic E-state index is 0.0897. The summed E-state index contributed by atoms with van der Waals surface area (Å²) in [5, 5.41) is 6.11. The molecule has 0 bridgehead atoms. The standard InChI is InChI=1S/C13H17BrN2O/c14-11-3-1-2-10(8-11)6-7-15-13(17)9-16-12-4-5-12/h1-3,8,12,16H,4-7,9H2,(H,15,17). The molecule has 1 saturated carbocycles. The first-order chi connectivity index (χ1) is 8.24. The lowest BCUT2D eigenvalue weighted by Crippen LogP contribution is -2.35. The molecule has 0 unspecified atom stereocenters. The zero-order valence-corrected chi connectivity index (χ0v) is 11.3. The van der Waals surface area contributed by atoms with E-state index in [1.54, 1.807) is 0 Å². The molecule has 1 aliphatic carbocycles. The van der Waals surface area contributed by atoms with Crippen LogP contribution >= 0.6 is 15.9 Å². The van der Waals surface area contributed by atoms with E-state index < -0.39 is 0 Å². The number of hydrogen-bond acceptors (Lipinski definition) is 2. The topological polar surface area (TPSA) is 41.1 Å². The van der Waals surface area contributed by atoms with Gasteiger partial charge in [-0.15, -0.1) is 0 Å². The second-order valence-electron chi connectivity index (χ2n) is 4.39. The normalized spacial score (nSPS) is 14.6. The van der Waals surface area contributed by atoms with Gasteiger partial charge in [0.15, 0.2) is 0 Å². The van der Waals surface area contributed by atoms with Gasteiger partial charge in [-0.05, 0) is 37.0 Å². The molecule has 0 aliphatic heterocycles. The largest absolute Gasteiger partial charge is 0.355 e. The maximum absolute atomic E-state index is 11.4. The first kappa shape index (κ1) is 12.6. The third-order valence-corrected chi connectivity index (χ3v) is 3.25. The highest BCUT2D eigenvalue weighted by Gasteiger charge is 2.20. The number of rotatable bonds is 6. The lowest BCUT2D eigenvalue weighted by molar-refractivity contribution is -0.120. The maximum atomic E-state index is 11.4. The van der Waals surface area contributed by atoms with Crippen LogP contribution < -0.4 is 10.6 Å². The van der Waals surface area contributed by atoms with Gasteiger partial charge < -0.3 is 10.6 Å². The molecule has 3 nitrogen and oxygen atoms in total. The van der Waals surface area contributed by atoms with E-state index in [1.807, 2.05) is 12.1 Å². The molecule has 0 aromatic heterocycles. The van der Waals surface area contributed by atoms with Gasteiger partial charge in [-0.2, -0.15) is 0 Å². The van der Waals surface area contributed by atoms with Gasteiger partial charge >= 0.3 is 0 Å². The molecule has 0 heterocycles. The fourth-order valence-corrected chi connectivity index (χ4v) is 2.07. The van der Waals surface area contributed by atoms with Crippen molar-refractivity contribution in [3.63, 3.8) is 0 Å². The Labute approximate surface area is 110 Å². The van der Waals surface area contributed by atoms with Crippen molar-refractivity contribution in [2.45, 2.75) is 25.3 Å². The van der Waals surface area contributed by atoms with Gasteiger partial charge in [0.05, 0.1) is 6.54 Å². The molecule has 1 fully saturated rings. The maximum Gasteiger partial charge on any atom is 0.233 e. The van der Waals surface area contributed by atoms with Gasteiger partial charge in [-0.25, -0.2) is 0 Å². The van der Waals surface area contributed by atoms with Crippen LogP contribution in [0.25, 0.3) is 0 Å². The highest BCUT2D eigenvalue weighted by atomic mass is 79.9. The Morgan fingerprint density at radius 3 is 2.94 bits per heavy atom. The molecule has 92 valence electrons. The first-order valence-corrected chi connectivity index (χ1v) is 6.78. The van der Waals surface area contributed by atoms with E-state index in [0.717, 1.165) is 10.9 Å². The molecule has 0 atom stereocenters. The number of carbonyl (C=O) groups is 1. The molecule has 1 aromatic rings. The highest BCUT2D eigenvalue weighted by Crippen LogP contribution is 2.17. The van der Waals surface area contributed by atoms with Crippen molar-refractivity contribution in [3.8, 4) is 0 Å². The van der Waals surface area contributed by atoms with Gasteiger partial charge in [-0.3, -0.25) is 4.79 Å². The van der Waals surface area contributed by atoms with E-state index in [0.29, 0.717) is 19.1 Å². The fourth-order valence-electron chi connectivity index (χ4n) is 1.63. The Balaban J connectivity index is 1.62. The number of nitrogens with one attached hydrogen (secondary N) is 2.